The summed E-state index contributed by atoms with van der Waals surface area (Å²) < 4.78 is 29.2. The molecule has 1 aromatic rings. The second-order valence-corrected chi connectivity index (χ2v) is 9.51. The van der Waals surface area contributed by atoms with E-state index in [1.54, 1.807) is 0 Å². The van der Waals surface area contributed by atoms with Gasteiger partial charge in [-0.2, -0.15) is 4.31 Å². The van der Waals surface area contributed by atoms with Gasteiger partial charge < -0.3 is 9.47 Å². The first-order valence-corrected chi connectivity index (χ1v) is 10.7. The van der Waals surface area contributed by atoms with Crippen molar-refractivity contribution >= 4 is 10.0 Å². The third-order valence-electron chi connectivity index (χ3n) is 5.79. The summed E-state index contributed by atoms with van der Waals surface area (Å²) in [6.45, 7) is 5.26. The monoisotopic (exact) mass is 384 g/mol. The van der Waals surface area contributed by atoms with Gasteiger partial charge in [0.15, 0.2) is 4.90 Å². The fourth-order valence-corrected chi connectivity index (χ4v) is 5.55. The molecule has 0 N–H and O–H groups in total. The van der Waals surface area contributed by atoms with Crippen molar-refractivity contribution in [3.8, 4) is 0 Å². The molecule has 146 valence electrons. The molecule has 1 aromatic heterocycles. The van der Waals surface area contributed by atoms with Gasteiger partial charge in [0.1, 0.15) is 0 Å². The molecule has 2 aliphatic heterocycles. The molecule has 8 nitrogen and oxygen atoms in total. The number of piperidine rings is 2. The Hall–Kier alpha value is -1.45. The first-order chi connectivity index (χ1) is 12.2. The summed E-state index contributed by atoms with van der Waals surface area (Å²) in [5, 5.41) is 0. The Balaban J connectivity index is 1.75. The Morgan fingerprint density at radius 1 is 0.962 bits per heavy atom. The first kappa shape index (κ1) is 19.3. The number of likely N-dealkylation sites (tertiary alicyclic amines) is 1. The van der Waals surface area contributed by atoms with Gasteiger partial charge in [-0.15, -0.1) is 0 Å². The lowest BCUT2D eigenvalue weighted by Gasteiger charge is -2.40. The van der Waals surface area contributed by atoms with Gasteiger partial charge in [0.2, 0.25) is 10.0 Å². The van der Waals surface area contributed by atoms with E-state index in [0.29, 0.717) is 19.1 Å². The van der Waals surface area contributed by atoms with Crippen LogP contribution in [0.4, 0.5) is 0 Å². The minimum atomic E-state index is -3.90. The van der Waals surface area contributed by atoms with Crippen LogP contribution in [0.3, 0.4) is 0 Å². The highest BCUT2D eigenvalue weighted by Crippen LogP contribution is 2.25. The van der Waals surface area contributed by atoms with Crippen molar-refractivity contribution < 1.29 is 8.42 Å². The largest absolute Gasteiger partial charge is 0.330 e. The Bertz CT molecular complexity index is 873. The molecule has 2 fully saturated rings. The Morgan fingerprint density at radius 2 is 1.54 bits per heavy atom. The quantitative estimate of drug-likeness (QED) is 0.731. The molecule has 0 saturated carbocycles. The zero-order valence-electron chi connectivity index (χ0n) is 15.7. The van der Waals surface area contributed by atoms with E-state index in [4.69, 9.17) is 0 Å². The fourth-order valence-electron chi connectivity index (χ4n) is 3.93. The van der Waals surface area contributed by atoms with Crippen LogP contribution in [0.1, 0.15) is 32.6 Å². The summed E-state index contributed by atoms with van der Waals surface area (Å²) in [5.41, 5.74) is -1.30. The molecule has 26 heavy (non-hydrogen) atoms. The van der Waals surface area contributed by atoms with E-state index in [1.165, 1.54) is 31.2 Å². The number of sulfonamides is 1. The van der Waals surface area contributed by atoms with Gasteiger partial charge in [0.25, 0.3) is 5.56 Å². The molecule has 3 heterocycles. The Morgan fingerprint density at radius 3 is 2.12 bits per heavy atom. The maximum atomic E-state index is 12.9. The molecule has 0 radical (unpaired) electrons. The molecule has 0 aromatic carbocycles. The molecule has 3 rings (SSSR count). The van der Waals surface area contributed by atoms with Gasteiger partial charge in [-0.25, -0.2) is 13.2 Å². The van der Waals surface area contributed by atoms with Crippen LogP contribution in [0.2, 0.25) is 0 Å². The van der Waals surface area contributed by atoms with Crippen LogP contribution in [-0.4, -0.2) is 59.0 Å². The standard InChI is InChI=1S/C17H28N4O4S/c1-13-4-8-20(9-5-13)14-6-10-21(11-7-14)26(24,25)15-12-18(2)17(23)19(3)16(15)22/h12-14H,4-11H2,1-3H3. The van der Waals surface area contributed by atoms with E-state index < -0.39 is 21.3 Å². The van der Waals surface area contributed by atoms with Gasteiger partial charge in [-0.05, 0) is 44.7 Å². The van der Waals surface area contributed by atoms with Crippen LogP contribution in [0.15, 0.2) is 20.7 Å². The fraction of sp³-hybridized carbons (Fsp3) is 0.765. The zero-order valence-corrected chi connectivity index (χ0v) is 16.5. The molecule has 2 saturated heterocycles. The summed E-state index contributed by atoms with van der Waals surface area (Å²) >= 11 is 0. The van der Waals surface area contributed by atoms with Crippen molar-refractivity contribution in [1.29, 1.82) is 0 Å². The second-order valence-electron chi connectivity index (χ2n) is 7.60. The maximum Gasteiger partial charge on any atom is 0.330 e. The normalized spacial score (nSPS) is 22.0. The number of hydrogen-bond acceptors (Lipinski definition) is 5. The maximum absolute atomic E-state index is 12.9. The lowest BCUT2D eigenvalue weighted by Crippen LogP contribution is -2.50. The van der Waals surface area contributed by atoms with Crippen molar-refractivity contribution in [2.75, 3.05) is 26.2 Å². The predicted molar refractivity (Wildman–Crippen MR) is 98.7 cm³/mol. The van der Waals surface area contributed by atoms with Crippen LogP contribution in [-0.2, 0) is 24.1 Å². The van der Waals surface area contributed by atoms with Crippen LogP contribution in [0, 0.1) is 5.92 Å². The number of aryl methyl sites for hydroxylation is 1. The van der Waals surface area contributed by atoms with Crippen LogP contribution < -0.4 is 11.2 Å². The van der Waals surface area contributed by atoms with Gasteiger partial charge in [0.05, 0.1) is 0 Å². The van der Waals surface area contributed by atoms with E-state index in [2.05, 4.69) is 11.8 Å². The molecule has 0 amide bonds. The second kappa shape index (κ2) is 7.28. The molecule has 0 aliphatic carbocycles. The number of hydrogen-bond donors (Lipinski definition) is 0. The van der Waals surface area contributed by atoms with E-state index in [9.17, 15) is 18.0 Å². The molecule has 2 aliphatic rings. The van der Waals surface area contributed by atoms with Crippen LogP contribution in [0.5, 0.6) is 0 Å². The van der Waals surface area contributed by atoms with Crippen molar-refractivity contribution in [1.82, 2.24) is 18.3 Å². The molecule has 0 atom stereocenters. The molecular weight excluding hydrogens is 356 g/mol. The summed E-state index contributed by atoms with van der Waals surface area (Å²) in [6.07, 6.45) is 5.09. The van der Waals surface area contributed by atoms with E-state index in [1.807, 2.05) is 0 Å². The molecular formula is C17H28N4O4S. The van der Waals surface area contributed by atoms with Crippen LogP contribution >= 0.6 is 0 Å². The number of aromatic nitrogens is 2. The third kappa shape index (κ3) is 3.52. The Labute approximate surface area is 154 Å². The lowest BCUT2D eigenvalue weighted by molar-refractivity contribution is 0.101. The van der Waals surface area contributed by atoms with E-state index in [0.717, 1.165) is 47.2 Å². The van der Waals surface area contributed by atoms with Crippen LogP contribution in [0.25, 0.3) is 0 Å². The SMILES string of the molecule is CC1CCN(C2CCN(S(=O)(=O)c3cn(C)c(=O)n(C)c3=O)CC2)CC1. The highest BCUT2D eigenvalue weighted by atomic mass is 32.2. The minimum absolute atomic E-state index is 0.327. The van der Waals surface area contributed by atoms with Crippen molar-refractivity contribution in [3.63, 3.8) is 0 Å². The van der Waals surface area contributed by atoms with Crippen molar-refractivity contribution in [3.05, 3.63) is 27.0 Å². The smallest absolute Gasteiger partial charge is 0.302 e. The van der Waals surface area contributed by atoms with E-state index >= 15 is 0 Å². The average molecular weight is 385 g/mol. The summed E-state index contributed by atoms with van der Waals surface area (Å²) in [5.74, 6) is 0.771. The van der Waals surface area contributed by atoms with Gasteiger partial charge in [-0.1, -0.05) is 6.92 Å². The molecule has 9 heteroatoms. The summed E-state index contributed by atoms with van der Waals surface area (Å²) in [4.78, 5) is 26.3. The van der Waals surface area contributed by atoms with E-state index in [-0.39, 0.29) is 4.90 Å². The molecule has 0 bridgehead atoms. The van der Waals surface area contributed by atoms with Crippen molar-refractivity contribution in [2.45, 2.75) is 43.5 Å². The number of nitrogens with zero attached hydrogens (tertiary/aromatic N) is 4. The average Bonchev–Trinajstić information content (AvgIpc) is 2.63. The first-order valence-electron chi connectivity index (χ1n) is 9.22. The van der Waals surface area contributed by atoms with Gasteiger partial charge >= 0.3 is 5.69 Å². The topological polar surface area (TPSA) is 84.6 Å². The highest BCUT2D eigenvalue weighted by Gasteiger charge is 2.34. The Kier molecular flexibility index (Phi) is 5.41. The lowest BCUT2D eigenvalue weighted by atomic mass is 9.95. The highest BCUT2D eigenvalue weighted by molar-refractivity contribution is 7.89. The van der Waals surface area contributed by atoms with Crippen molar-refractivity contribution in [2.24, 2.45) is 20.0 Å². The summed E-state index contributed by atoms with van der Waals surface area (Å²) in [6, 6.07) is 0.414. The van der Waals surface area contributed by atoms with Gasteiger partial charge in [-0.3, -0.25) is 9.36 Å². The zero-order chi connectivity index (χ0) is 19.1. The predicted octanol–water partition coefficient (Wildman–Crippen LogP) is -0.0310. The number of rotatable bonds is 3. The third-order valence-corrected chi connectivity index (χ3v) is 7.67. The molecule has 0 spiro atoms. The minimum Gasteiger partial charge on any atom is -0.302 e. The molecule has 0 unspecified atom stereocenters. The summed E-state index contributed by atoms with van der Waals surface area (Å²) in [7, 11) is -1.15. The van der Waals surface area contributed by atoms with Gasteiger partial charge in [0, 0.05) is 39.4 Å².